The van der Waals surface area contributed by atoms with Crippen molar-refractivity contribution in [3.8, 4) is 16.6 Å². The van der Waals surface area contributed by atoms with Crippen LogP contribution in [0.25, 0.3) is 10.6 Å². The molecule has 0 saturated carbocycles. The highest BCUT2D eigenvalue weighted by atomic mass is 32.2. The number of halogens is 1. The zero-order chi connectivity index (χ0) is 22.0. The van der Waals surface area contributed by atoms with Gasteiger partial charge in [0.2, 0.25) is 5.91 Å². The molecule has 1 N–H and O–H groups in total. The van der Waals surface area contributed by atoms with Gasteiger partial charge in [-0.1, -0.05) is 0 Å². The highest BCUT2D eigenvalue weighted by Crippen LogP contribution is 2.32. The Morgan fingerprint density at radius 1 is 1.19 bits per heavy atom. The summed E-state index contributed by atoms with van der Waals surface area (Å²) in [6, 6.07) is 14.0. The van der Waals surface area contributed by atoms with E-state index in [1.807, 2.05) is 6.07 Å². The molecule has 156 valence electrons. The summed E-state index contributed by atoms with van der Waals surface area (Å²) in [6.45, 7) is 1.76. The standard InChI is InChI=1S/C22H17FN4O2S2/c1-13-19(31-21(25-13)15-4-6-16(23)7-5-15)22(29)27-12-30-11-18(27)20(28)26-17-8-2-14(10-24)3-9-17/h2-9,18H,11-12H2,1H3,(H,26,28). The molecule has 0 aliphatic carbocycles. The Bertz CT molecular complexity index is 1170. The largest absolute Gasteiger partial charge is 0.324 e. The van der Waals surface area contributed by atoms with Gasteiger partial charge in [-0.15, -0.1) is 23.1 Å². The average molecular weight is 453 g/mol. The van der Waals surface area contributed by atoms with Gasteiger partial charge in [0, 0.05) is 17.0 Å². The van der Waals surface area contributed by atoms with E-state index >= 15 is 0 Å². The quantitative estimate of drug-likeness (QED) is 0.638. The molecule has 4 rings (SSSR count). The molecule has 1 fully saturated rings. The molecule has 1 saturated heterocycles. The van der Waals surface area contributed by atoms with Crippen LogP contribution in [-0.4, -0.2) is 39.4 Å². The molecule has 9 heteroatoms. The van der Waals surface area contributed by atoms with Crippen molar-refractivity contribution in [2.45, 2.75) is 13.0 Å². The summed E-state index contributed by atoms with van der Waals surface area (Å²) in [5.74, 6) is 0.0557. The number of benzene rings is 2. The lowest BCUT2D eigenvalue weighted by molar-refractivity contribution is -0.119. The summed E-state index contributed by atoms with van der Waals surface area (Å²) in [4.78, 5) is 32.5. The van der Waals surface area contributed by atoms with E-state index in [0.29, 0.717) is 38.5 Å². The molecule has 1 aliphatic heterocycles. The first-order chi connectivity index (χ1) is 15.0. The summed E-state index contributed by atoms with van der Waals surface area (Å²) in [5.41, 5.74) is 2.39. The number of aryl methyl sites for hydroxylation is 1. The third kappa shape index (κ3) is 4.45. The molecular weight excluding hydrogens is 435 g/mol. The number of nitrogens with zero attached hydrogens (tertiary/aromatic N) is 3. The minimum Gasteiger partial charge on any atom is -0.324 e. The molecule has 0 spiro atoms. The van der Waals surface area contributed by atoms with E-state index in [0.717, 1.165) is 5.56 Å². The second-order valence-electron chi connectivity index (χ2n) is 6.91. The van der Waals surface area contributed by atoms with Crippen molar-refractivity contribution in [2.24, 2.45) is 0 Å². The minimum absolute atomic E-state index is 0.242. The van der Waals surface area contributed by atoms with Crippen LogP contribution < -0.4 is 5.32 Å². The fraction of sp³-hybridized carbons (Fsp3) is 0.182. The van der Waals surface area contributed by atoms with Crippen LogP contribution in [0.15, 0.2) is 48.5 Å². The predicted molar refractivity (Wildman–Crippen MR) is 119 cm³/mol. The first-order valence-corrected chi connectivity index (χ1v) is 11.4. The molecule has 3 aromatic rings. The van der Waals surface area contributed by atoms with Gasteiger partial charge in [-0.25, -0.2) is 9.37 Å². The molecule has 1 atom stereocenters. The zero-order valence-electron chi connectivity index (χ0n) is 16.5. The fourth-order valence-electron chi connectivity index (χ4n) is 3.15. The fourth-order valence-corrected chi connectivity index (χ4v) is 5.34. The van der Waals surface area contributed by atoms with Crippen molar-refractivity contribution >= 4 is 40.6 Å². The molecule has 2 aromatic carbocycles. The summed E-state index contributed by atoms with van der Waals surface area (Å²) >= 11 is 2.75. The highest BCUT2D eigenvalue weighted by Gasteiger charge is 2.36. The molecule has 31 heavy (non-hydrogen) atoms. The summed E-state index contributed by atoms with van der Waals surface area (Å²) < 4.78 is 13.2. The van der Waals surface area contributed by atoms with E-state index in [1.54, 1.807) is 48.2 Å². The van der Waals surface area contributed by atoms with E-state index < -0.39 is 6.04 Å². The molecule has 1 aromatic heterocycles. The Hall–Kier alpha value is -3.22. The predicted octanol–water partition coefficient (Wildman–Crippen LogP) is 4.28. The van der Waals surface area contributed by atoms with Gasteiger partial charge in [-0.3, -0.25) is 9.59 Å². The lowest BCUT2D eigenvalue weighted by Crippen LogP contribution is -2.44. The van der Waals surface area contributed by atoms with Gasteiger partial charge in [0.1, 0.15) is 21.7 Å². The number of amides is 2. The number of carbonyl (C=O) groups is 2. The molecule has 2 amide bonds. The Kier molecular flexibility index (Phi) is 6.02. The maximum atomic E-state index is 13.2. The van der Waals surface area contributed by atoms with Crippen molar-refractivity contribution < 1.29 is 14.0 Å². The van der Waals surface area contributed by atoms with E-state index in [4.69, 9.17) is 5.26 Å². The number of aromatic nitrogens is 1. The first-order valence-electron chi connectivity index (χ1n) is 9.39. The highest BCUT2D eigenvalue weighted by molar-refractivity contribution is 7.99. The number of rotatable bonds is 4. The molecule has 0 bridgehead atoms. The number of hydrogen-bond donors (Lipinski definition) is 1. The van der Waals surface area contributed by atoms with Crippen molar-refractivity contribution in [1.82, 2.24) is 9.88 Å². The van der Waals surface area contributed by atoms with E-state index in [9.17, 15) is 14.0 Å². The Morgan fingerprint density at radius 3 is 2.58 bits per heavy atom. The van der Waals surface area contributed by atoms with Crippen LogP contribution in [0.2, 0.25) is 0 Å². The van der Waals surface area contributed by atoms with Crippen LogP contribution in [0, 0.1) is 24.1 Å². The number of nitriles is 1. The topological polar surface area (TPSA) is 86.1 Å². The number of carbonyl (C=O) groups excluding carboxylic acids is 2. The monoisotopic (exact) mass is 452 g/mol. The molecule has 6 nitrogen and oxygen atoms in total. The van der Waals surface area contributed by atoms with E-state index in [-0.39, 0.29) is 17.6 Å². The lowest BCUT2D eigenvalue weighted by atomic mass is 10.2. The maximum Gasteiger partial charge on any atom is 0.267 e. The zero-order valence-corrected chi connectivity index (χ0v) is 18.1. The van der Waals surface area contributed by atoms with Crippen LogP contribution >= 0.6 is 23.1 Å². The normalized spacial score (nSPS) is 15.5. The second kappa shape index (κ2) is 8.88. The van der Waals surface area contributed by atoms with Crippen molar-refractivity contribution in [3.05, 3.63) is 70.5 Å². The van der Waals surface area contributed by atoms with Gasteiger partial charge in [0.15, 0.2) is 0 Å². The lowest BCUT2D eigenvalue weighted by Gasteiger charge is -2.22. The van der Waals surface area contributed by atoms with Crippen molar-refractivity contribution in [3.63, 3.8) is 0 Å². The number of nitrogens with one attached hydrogen (secondary N) is 1. The first kappa shape index (κ1) is 21.0. The van der Waals surface area contributed by atoms with Gasteiger partial charge in [0.25, 0.3) is 5.91 Å². The average Bonchev–Trinajstić information content (AvgIpc) is 3.41. The summed E-state index contributed by atoms with van der Waals surface area (Å²) in [6.07, 6.45) is 0. The van der Waals surface area contributed by atoms with Gasteiger partial charge in [-0.2, -0.15) is 5.26 Å². The summed E-state index contributed by atoms with van der Waals surface area (Å²) in [5, 5.41) is 12.3. The number of anilines is 1. The molecule has 1 unspecified atom stereocenters. The van der Waals surface area contributed by atoms with Crippen molar-refractivity contribution in [1.29, 1.82) is 5.26 Å². The number of thiazole rings is 1. The number of thioether (sulfide) groups is 1. The van der Waals surface area contributed by atoms with Gasteiger partial charge in [-0.05, 0) is 55.5 Å². The Labute approximate surface area is 186 Å². The second-order valence-corrected chi connectivity index (χ2v) is 8.91. The molecule has 1 aliphatic rings. The smallest absolute Gasteiger partial charge is 0.267 e. The van der Waals surface area contributed by atoms with E-state index in [2.05, 4.69) is 10.3 Å². The maximum absolute atomic E-state index is 13.2. The van der Waals surface area contributed by atoms with Crippen LogP contribution in [0.4, 0.5) is 10.1 Å². The van der Waals surface area contributed by atoms with Crippen LogP contribution in [-0.2, 0) is 4.79 Å². The van der Waals surface area contributed by atoms with Gasteiger partial charge >= 0.3 is 0 Å². The van der Waals surface area contributed by atoms with Gasteiger partial charge in [0.05, 0.1) is 23.2 Å². The van der Waals surface area contributed by atoms with E-state index in [1.165, 1.54) is 35.2 Å². The third-order valence-electron chi connectivity index (χ3n) is 4.81. The molecule has 2 heterocycles. The minimum atomic E-state index is -0.607. The Balaban J connectivity index is 1.51. The summed E-state index contributed by atoms with van der Waals surface area (Å²) in [7, 11) is 0. The van der Waals surface area contributed by atoms with Crippen LogP contribution in [0.5, 0.6) is 0 Å². The number of hydrogen-bond acceptors (Lipinski definition) is 6. The van der Waals surface area contributed by atoms with Gasteiger partial charge < -0.3 is 10.2 Å². The van der Waals surface area contributed by atoms with Crippen molar-refractivity contribution in [2.75, 3.05) is 16.9 Å². The third-order valence-corrected chi connectivity index (χ3v) is 7.02. The SMILES string of the molecule is Cc1nc(-c2ccc(F)cc2)sc1C(=O)N1CSCC1C(=O)Nc1ccc(C#N)cc1. The van der Waals surface area contributed by atoms with Crippen LogP contribution in [0.3, 0.4) is 0 Å². The Morgan fingerprint density at radius 2 is 1.90 bits per heavy atom. The molecule has 0 radical (unpaired) electrons. The molecular formula is C22H17FN4O2S2. The van der Waals surface area contributed by atoms with Crippen LogP contribution in [0.1, 0.15) is 20.9 Å².